The number of hydrogen-bond acceptors (Lipinski definition) is 4. The second kappa shape index (κ2) is 6.41. The maximum Gasteiger partial charge on any atom is 0.323 e. The summed E-state index contributed by atoms with van der Waals surface area (Å²) in [5.41, 5.74) is 1.58. The molecule has 0 unspecified atom stereocenters. The summed E-state index contributed by atoms with van der Waals surface area (Å²) in [7, 11) is 1.48. The smallest absolute Gasteiger partial charge is 0.323 e. The molecule has 0 spiro atoms. The summed E-state index contributed by atoms with van der Waals surface area (Å²) in [6.45, 7) is 1.53. The molecule has 0 saturated heterocycles. The number of nitrogens with zero attached hydrogens (tertiary/aromatic N) is 1. The van der Waals surface area contributed by atoms with Crippen molar-refractivity contribution in [2.75, 3.05) is 18.6 Å². The van der Waals surface area contributed by atoms with E-state index in [1.165, 1.54) is 23.3 Å². The van der Waals surface area contributed by atoms with E-state index in [1.807, 2.05) is 19.1 Å². The number of carbonyl (C=O) groups is 2. The van der Waals surface area contributed by atoms with E-state index < -0.39 is 12.5 Å². The summed E-state index contributed by atoms with van der Waals surface area (Å²) < 4.78 is 5.13. The zero-order chi connectivity index (χ0) is 15.4. The van der Waals surface area contributed by atoms with E-state index in [4.69, 9.17) is 9.84 Å². The van der Waals surface area contributed by atoms with Crippen molar-refractivity contribution in [2.24, 2.45) is 0 Å². The molecule has 1 heterocycles. The lowest BCUT2D eigenvalue weighted by atomic mass is 10.2. The maximum absolute atomic E-state index is 12.6. The van der Waals surface area contributed by atoms with Gasteiger partial charge in [-0.15, -0.1) is 11.3 Å². The van der Waals surface area contributed by atoms with Crippen LogP contribution < -0.4 is 9.64 Å². The number of methoxy groups -OCH3 is 1. The molecule has 0 fully saturated rings. The number of hydrogen-bond donors (Lipinski definition) is 1. The van der Waals surface area contributed by atoms with Crippen molar-refractivity contribution in [3.8, 4) is 5.75 Å². The molecular formula is C15H15NO4S. The molecule has 0 atom stereocenters. The number of rotatable bonds is 5. The molecule has 1 N–H and O–H groups in total. The van der Waals surface area contributed by atoms with Gasteiger partial charge in [0, 0.05) is 5.69 Å². The molecule has 1 aromatic carbocycles. The Morgan fingerprint density at radius 2 is 1.90 bits per heavy atom. The monoisotopic (exact) mass is 305 g/mol. The molecule has 2 rings (SSSR count). The lowest BCUT2D eigenvalue weighted by molar-refractivity contribution is -0.135. The molecular weight excluding hydrogens is 290 g/mol. The van der Waals surface area contributed by atoms with Gasteiger partial charge in [0.15, 0.2) is 0 Å². The zero-order valence-corrected chi connectivity index (χ0v) is 12.5. The van der Waals surface area contributed by atoms with Crippen molar-refractivity contribution in [3.05, 3.63) is 46.2 Å². The Hall–Kier alpha value is -2.34. The molecule has 1 aromatic heterocycles. The standard InChI is InChI=1S/C15H15NO4S/c1-10-3-5-11(6-4-10)16(9-13(17)18)15(19)14-12(20-2)7-8-21-14/h3-8H,9H2,1-2H3,(H,17,18). The van der Waals surface area contributed by atoms with Gasteiger partial charge in [0.1, 0.15) is 17.2 Å². The molecule has 0 radical (unpaired) electrons. The van der Waals surface area contributed by atoms with Crippen molar-refractivity contribution in [1.82, 2.24) is 0 Å². The average Bonchev–Trinajstić information content (AvgIpc) is 2.93. The summed E-state index contributed by atoms with van der Waals surface area (Å²) in [6, 6.07) is 8.82. The first kappa shape index (κ1) is 15.1. The Balaban J connectivity index is 2.38. The highest BCUT2D eigenvalue weighted by Gasteiger charge is 2.24. The number of amides is 1. The van der Waals surface area contributed by atoms with Crippen LogP contribution in [-0.2, 0) is 4.79 Å². The number of anilines is 1. The number of carboxylic acid groups (broad SMARTS) is 1. The largest absolute Gasteiger partial charge is 0.495 e. The Labute approximate surface area is 126 Å². The third kappa shape index (κ3) is 3.41. The molecule has 6 heteroatoms. The number of thiophene rings is 1. The van der Waals surface area contributed by atoms with Crippen LogP contribution in [0.5, 0.6) is 5.75 Å². The third-order valence-electron chi connectivity index (χ3n) is 2.93. The van der Waals surface area contributed by atoms with Crippen LogP contribution >= 0.6 is 11.3 Å². The molecule has 110 valence electrons. The van der Waals surface area contributed by atoms with Crippen LogP contribution in [0.1, 0.15) is 15.2 Å². The van der Waals surface area contributed by atoms with E-state index in [2.05, 4.69) is 0 Å². The number of carboxylic acids is 1. The highest BCUT2D eigenvalue weighted by Crippen LogP contribution is 2.28. The van der Waals surface area contributed by atoms with Gasteiger partial charge in [0.2, 0.25) is 0 Å². The number of aliphatic carboxylic acids is 1. The molecule has 0 saturated carbocycles. The predicted molar refractivity (Wildman–Crippen MR) is 81.4 cm³/mol. The highest BCUT2D eigenvalue weighted by molar-refractivity contribution is 7.12. The fourth-order valence-corrected chi connectivity index (χ4v) is 2.68. The fraction of sp³-hybridized carbons (Fsp3) is 0.200. The maximum atomic E-state index is 12.6. The third-order valence-corrected chi connectivity index (χ3v) is 3.81. The van der Waals surface area contributed by atoms with Crippen LogP contribution in [0.15, 0.2) is 35.7 Å². The van der Waals surface area contributed by atoms with Crippen LogP contribution in [0.2, 0.25) is 0 Å². The van der Waals surface area contributed by atoms with Gasteiger partial charge in [-0.1, -0.05) is 17.7 Å². The Bertz CT molecular complexity index is 648. The van der Waals surface area contributed by atoms with E-state index in [0.29, 0.717) is 16.3 Å². The van der Waals surface area contributed by atoms with Crippen molar-refractivity contribution in [1.29, 1.82) is 0 Å². The van der Waals surface area contributed by atoms with Gasteiger partial charge in [-0.2, -0.15) is 0 Å². The molecule has 0 aliphatic heterocycles. The van der Waals surface area contributed by atoms with Gasteiger partial charge in [-0.25, -0.2) is 0 Å². The van der Waals surface area contributed by atoms with Gasteiger partial charge in [-0.05, 0) is 30.5 Å². The molecule has 2 aromatic rings. The van der Waals surface area contributed by atoms with Crippen molar-refractivity contribution in [2.45, 2.75) is 6.92 Å². The first-order valence-corrected chi connectivity index (χ1v) is 7.12. The van der Waals surface area contributed by atoms with E-state index in [1.54, 1.807) is 23.6 Å². The quantitative estimate of drug-likeness (QED) is 0.922. The second-order valence-electron chi connectivity index (χ2n) is 4.44. The second-order valence-corrected chi connectivity index (χ2v) is 5.35. The van der Waals surface area contributed by atoms with Crippen molar-refractivity contribution in [3.63, 3.8) is 0 Å². The van der Waals surface area contributed by atoms with Crippen molar-refractivity contribution >= 4 is 28.9 Å². The molecule has 0 bridgehead atoms. The lowest BCUT2D eigenvalue weighted by Gasteiger charge is -2.20. The molecule has 5 nitrogen and oxygen atoms in total. The van der Waals surface area contributed by atoms with E-state index in [0.717, 1.165) is 5.56 Å². The Kier molecular flexibility index (Phi) is 4.59. The topological polar surface area (TPSA) is 66.8 Å². The van der Waals surface area contributed by atoms with E-state index in [9.17, 15) is 9.59 Å². The van der Waals surface area contributed by atoms with Crippen LogP contribution in [0, 0.1) is 6.92 Å². The van der Waals surface area contributed by atoms with E-state index in [-0.39, 0.29) is 5.91 Å². The molecule has 21 heavy (non-hydrogen) atoms. The molecule has 0 aliphatic carbocycles. The van der Waals surface area contributed by atoms with Crippen LogP contribution in [0.4, 0.5) is 5.69 Å². The van der Waals surface area contributed by atoms with Gasteiger partial charge >= 0.3 is 5.97 Å². The Morgan fingerprint density at radius 1 is 1.24 bits per heavy atom. The first-order valence-electron chi connectivity index (χ1n) is 6.24. The zero-order valence-electron chi connectivity index (χ0n) is 11.7. The minimum absolute atomic E-state index is 0.381. The minimum Gasteiger partial charge on any atom is -0.495 e. The summed E-state index contributed by atoms with van der Waals surface area (Å²) in [4.78, 5) is 25.3. The van der Waals surface area contributed by atoms with Crippen LogP contribution in [0.25, 0.3) is 0 Å². The highest BCUT2D eigenvalue weighted by atomic mass is 32.1. The summed E-state index contributed by atoms with van der Waals surface area (Å²) in [6.07, 6.45) is 0. The normalized spacial score (nSPS) is 10.2. The van der Waals surface area contributed by atoms with Gasteiger partial charge in [-0.3, -0.25) is 14.5 Å². The molecule has 0 aliphatic rings. The number of benzene rings is 1. The van der Waals surface area contributed by atoms with Gasteiger partial charge in [0.05, 0.1) is 7.11 Å². The molecule has 1 amide bonds. The SMILES string of the molecule is COc1ccsc1C(=O)N(CC(=O)O)c1ccc(C)cc1. The summed E-state index contributed by atoms with van der Waals surface area (Å²) in [5, 5.41) is 10.8. The predicted octanol–water partition coefficient (Wildman–Crippen LogP) is 2.80. The Morgan fingerprint density at radius 3 is 2.48 bits per heavy atom. The number of aryl methyl sites for hydroxylation is 1. The van der Waals surface area contributed by atoms with Crippen LogP contribution in [-0.4, -0.2) is 30.6 Å². The van der Waals surface area contributed by atoms with Crippen molar-refractivity contribution < 1.29 is 19.4 Å². The minimum atomic E-state index is -1.07. The van der Waals surface area contributed by atoms with Crippen LogP contribution in [0.3, 0.4) is 0 Å². The summed E-state index contributed by atoms with van der Waals surface area (Å²) in [5.74, 6) is -1.000. The van der Waals surface area contributed by atoms with Gasteiger partial charge in [0.25, 0.3) is 5.91 Å². The van der Waals surface area contributed by atoms with Gasteiger partial charge < -0.3 is 9.84 Å². The van der Waals surface area contributed by atoms with E-state index >= 15 is 0 Å². The summed E-state index contributed by atoms with van der Waals surface area (Å²) >= 11 is 1.23. The fourth-order valence-electron chi connectivity index (χ4n) is 1.88. The number of ether oxygens (including phenoxy) is 1. The first-order chi connectivity index (χ1) is 10.0. The average molecular weight is 305 g/mol. The lowest BCUT2D eigenvalue weighted by Crippen LogP contribution is -2.35. The number of carbonyl (C=O) groups excluding carboxylic acids is 1.